The Balaban J connectivity index is 1.53. The fraction of sp³-hybridized carbons (Fsp3) is 0.150. The largest absolute Gasteiger partial charge is 0.490 e. The topological polar surface area (TPSA) is 77.9 Å². The Morgan fingerprint density at radius 1 is 0.964 bits per heavy atom. The number of hydrogen-bond acceptors (Lipinski definition) is 7. The van der Waals surface area contributed by atoms with Gasteiger partial charge in [-0.05, 0) is 24.3 Å². The molecule has 1 aromatic heterocycles. The highest BCUT2D eigenvalue weighted by Gasteiger charge is 2.21. The van der Waals surface area contributed by atoms with Gasteiger partial charge >= 0.3 is 0 Å². The summed E-state index contributed by atoms with van der Waals surface area (Å²) >= 11 is 3.47. The molecule has 8 heteroatoms. The van der Waals surface area contributed by atoms with E-state index >= 15 is 0 Å². The average Bonchev–Trinajstić information content (AvgIpc) is 3.02. The Bertz CT molecular complexity index is 1090. The van der Waals surface area contributed by atoms with Crippen molar-refractivity contribution in [1.29, 1.82) is 0 Å². The molecule has 0 fully saturated rings. The number of hydrogen-bond donors (Lipinski definition) is 1. The van der Waals surface area contributed by atoms with Gasteiger partial charge < -0.3 is 19.5 Å². The highest BCUT2D eigenvalue weighted by molar-refractivity contribution is 9.10. The van der Waals surface area contributed by atoms with Gasteiger partial charge in [-0.15, -0.1) is 0 Å². The van der Waals surface area contributed by atoms with Gasteiger partial charge in [0.05, 0.1) is 13.2 Å². The zero-order valence-corrected chi connectivity index (χ0v) is 16.3. The second-order valence-corrected chi connectivity index (χ2v) is 7.17. The number of aliphatic imine (C=N–C) groups is 1. The normalized spacial score (nSPS) is 14.2. The van der Waals surface area contributed by atoms with E-state index < -0.39 is 0 Å². The van der Waals surface area contributed by atoms with Gasteiger partial charge in [0.1, 0.15) is 12.1 Å². The van der Waals surface area contributed by atoms with Crippen molar-refractivity contribution in [3.8, 4) is 23.1 Å². The fourth-order valence-corrected chi connectivity index (χ4v) is 3.38. The maximum absolute atomic E-state index is 6.05. The fourth-order valence-electron chi connectivity index (χ4n) is 2.98. The summed E-state index contributed by atoms with van der Waals surface area (Å²) in [6.45, 7) is 1.23. The van der Waals surface area contributed by atoms with Gasteiger partial charge in [-0.3, -0.25) is 0 Å². The first-order valence-corrected chi connectivity index (χ1v) is 9.59. The van der Waals surface area contributed by atoms with Gasteiger partial charge in [0.15, 0.2) is 23.0 Å². The molecule has 0 spiro atoms. The molecule has 0 amide bonds. The van der Waals surface area contributed by atoms with E-state index in [0.29, 0.717) is 47.8 Å². The molecule has 1 N–H and O–H groups in total. The lowest BCUT2D eigenvalue weighted by atomic mass is 10.2. The monoisotopic (exact) mass is 438 g/mol. The van der Waals surface area contributed by atoms with Crippen LogP contribution in [0, 0.1) is 0 Å². The molecule has 140 valence electrons. The molecule has 0 unspecified atom stereocenters. The minimum absolute atomic E-state index is 0.372. The van der Waals surface area contributed by atoms with Crippen molar-refractivity contribution < 1.29 is 14.2 Å². The SMILES string of the molecule is Brc1cccc(Nc2ncnc3c2N=Cc2cc4c(cc2O3)OCCCO4)c1. The predicted molar refractivity (Wildman–Crippen MR) is 109 cm³/mol. The van der Waals surface area contributed by atoms with E-state index in [9.17, 15) is 0 Å². The van der Waals surface area contributed by atoms with E-state index in [1.165, 1.54) is 6.33 Å². The maximum Gasteiger partial charge on any atom is 0.250 e. The van der Waals surface area contributed by atoms with Crippen molar-refractivity contribution in [2.45, 2.75) is 6.42 Å². The molecule has 0 radical (unpaired) electrons. The molecule has 28 heavy (non-hydrogen) atoms. The van der Waals surface area contributed by atoms with E-state index in [-0.39, 0.29) is 0 Å². The van der Waals surface area contributed by atoms with Gasteiger partial charge in [-0.1, -0.05) is 22.0 Å². The highest BCUT2D eigenvalue weighted by atomic mass is 79.9. The van der Waals surface area contributed by atoms with Crippen LogP contribution in [0.3, 0.4) is 0 Å². The van der Waals surface area contributed by atoms with Crippen LogP contribution in [0.15, 0.2) is 52.2 Å². The van der Waals surface area contributed by atoms with Crippen molar-refractivity contribution in [3.05, 3.63) is 52.8 Å². The van der Waals surface area contributed by atoms with E-state index in [4.69, 9.17) is 14.2 Å². The number of fused-ring (bicyclic) bond motifs is 3. The molecule has 3 aromatic rings. The summed E-state index contributed by atoms with van der Waals surface area (Å²) in [6, 6.07) is 11.5. The van der Waals surface area contributed by atoms with Crippen molar-refractivity contribution in [3.63, 3.8) is 0 Å². The highest BCUT2D eigenvalue weighted by Crippen LogP contribution is 2.43. The van der Waals surface area contributed by atoms with Gasteiger partial charge in [-0.25, -0.2) is 9.98 Å². The Labute approximate surface area is 169 Å². The number of halogens is 1. The molecule has 0 saturated carbocycles. The Hall–Kier alpha value is -3.13. The van der Waals surface area contributed by atoms with E-state index in [2.05, 4.69) is 36.2 Å². The smallest absolute Gasteiger partial charge is 0.250 e. The Morgan fingerprint density at radius 2 is 1.82 bits per heavy atom. The Morgan fingerprint density at radius 3 is 2.68 bits per heavy atom. The molecule has 2 aliphatic heterocycles. The minimum atomic E-state index is 0.372. The molecular formula is C20H15BrN4O3. The third-order valence-corrected chi connectivity index (χ3v) is 4.79. The molecule has 3 heterocycles. The van der Waals surface area contributed by atoms with Gasteiger partial charge in [0.25, 0.3) is 5.88 Å². The molecule has 0 atom stereocenters. The molecule has 2 aliphatic rings. The van der Waals surface area contributed by atoms with Crippen LogP contribution in [-0.4, -0.2) is 29.4 Å². The van der Waals surface area contributed by atoms with Gasteiger partial charge in [0, 0.05) is 34.4 Å². The molecular weight excluding hydrogens is 424 g/mol. The third kappa shape index (κ3) is 3.27. The summed E-state index contributed by atoms with van der Waals surface area (Å²) in [5, 5.41) is 3.27. The summed E-state index contributed by atoms with van der Waals surface area (Å²) in [6.07, 6.45) is 4.02. The first-order valence-electron chi connectivity index (χ1n) is 8.79. The molecule has 2 aromatic carbocycles. The van der Waals surface area contributed by atoms with Crippen LogP contribution in [0.2, 0.25) is 0 Å². The molecule has 0 saturated heterocycles. The maximum atomic E-state index is 6.05. The van der Waals surface area contributed by atoms with Crippen LogP contribution in [0.5, 0.6) is 23.1 Å². The second kappa shape index (κ2) is 7.12. The first-order chi connectivity index (χ1) is 13.8. The van der Waals surface area contributed by atoms with Gasteiger partial charge in [-0.2, -0.15) is 4.98 Å². The van der Waals surface area contributed by atoms with Crippen LogP contribution in [0.4, 0.5) is 17.2 Å². The number of rotatable bonds is 2. The summed E-state index contributed by atoms with van der Waals surface area (Å²) in [7, 11) is 0. The number of anilines is 2. The van der Waals surface area contributed by atoms with Crippen molar-refractivity contribution in [2.24, 2.45) is 4.99 Å². The predicted octanol–water partition coefficient (Wildman–Crippen LogP) is 5.00. The lowest BCUT2D eigenvalue weighted by molar-refractivity contribution is 0.296. The van der Waals surface area contributed by atoms with Crippen LogP contribution in [-0.2, 0) is 0 Å². The van der Waals surface area contributed by atoms with E-state index in [0.717, 1.165) is 22.1 Å². The zero-order valence-electron chi connectivity index (χ0n) is 14.7. The van der Waals surface area contributed by atoms with E-state index in [1.807, 2.05) is 36.4 Å². The number of ether oxygens (including phenoxy) is 3. The summed E-state index contributed by atoms with van der Waals surface area (Å²) in [5.74, 6) is 2.89. The standard InChI is InChI=1S/C20H15BrN4O3/c21-13-3-1-4-14(8-13)25-19-18-20(24-11-23-19)28-15-9-17-16(7-12(15)10-22-18)26-5-2-6-27-17/h1,3-4,7-11H,2,5-6H2,(H,23,24,25). The second-order valence-electron chi connectivity index (χ2n) is 6.26. The number of benzene rings is 2. The van der Waals surface area contributed by atoms with E-state index in [1.54, 1.807) is 6.21 Å². The van der Waals surface area contributed by atoms with Crippen molar-refractivity contribution >= 4 is 39.3 Å². The van der Waals surface area contributed by atoms with Crippen LogP contribution >= 0.6 is 15.9 Å². The van der Waals surface area contributed by atoms with Crippen LogP contribution in [0.25, 0.3) is 0 Å². The quantitative estimate of drug-likeness (QED) is 0.474. The lowest BCUT2D eigenvalue weighted by Gasteiger charge is -2.13. The summed E-state index contributed by atoms with van der Waals surface area (Å²) in [5.41, 5.74) is 2.19. The first kappa shape index (κ1) is 17.0. The molecule has 7 nitrogen and oxygen atoms in total. The van der Waals surface area contributed by atoms with Crippen LogP contribution < -0.4 is 19.5 Å². The minimum Gasteiger partial charge on any atom is -0.490 e. The number of nitrogens with zero attached hydrogens (tertiary/aromatic N) is 3. The number of aromatic nitrogens is 2. The summed E-state index contributed by atoms with van der Waals surface area (Å²) < 4.78 is 18.5. The van der Waals surface area contributed by atoms with Crippen molar-refractivity contribution in [2.75, 3.05) is 18.5 Å². The average molecular weight is 439 g/mol. The molecule has 0 aliphatic carbocycles. The number of nitrogens with one attached hydrogen (secondary N) is 1. The third-order valence-electron chi connectivity index (χ3n) is 4.30. The Kier molecular flexibility index (Phi) is 4.32. The molecule has 5 rings (SSSR count). The van der Waals surface area contributed by atoms with Crippen LogP contribution in [0.1, 0.15) is 12.0 Å². The van der Waals surface area contributed by atoms with Gasteiger partial charge in [0.2, 0.25) is 0 Å². The molecule has 0 bridgehead atoms. The lowest BCUT2D eigenvalue weighted by Crippen LogP contribution is -1.98. The zero-order chi connectivity index (χ0) is 18.9. The summed E-state index contributed by atoms with van der Waals surface area (Å²) in [4.78, 5) is 13.2. The van der Waals surface area contributed by atoms with Crippen molar-refractivity contribution in [1.82, 2.24) is 9.97 Å².